The van der Waals surface area contributed by atoms with E-state index in [1.54, 1.807) is 10.9 Å². The van der Waals surface area contributed by atoms with Crippen LogP contribution in [-0.4, -0.2) is 14.9 Å². The van der Waals surface area contributed by atoms with E-state index in [1.165, 1.54) is 0 Å². The van der Waals surface area contributed by atoms with Crippen molar-refractivity contribution in [2.24, 2.45) is 0 Å². The van der Waals surface area contributed by atoms with Gasteiger partial charge in [-0.3, -0.25) is 4.68 Å². The molecule has 0 aliphatic heterocycles. The van der Waals surface area contributed by atoms with Crippen LogP contribution < -0.4 is 10.6 Å². The number of anilines is 2. The first kappa shape index (κ1) is 17.7. The normalized spacial score (nSPS) is 10.5. The zero-order valence-electron chi connectivity index (χ0n) is 13.5. The smallest absolute Gasteiger partial charge is 0.175 e. The van der Waals surface area contributed by atoms with Crippen molar-refractivity contribution in [2.45, 2.75) is 13.5 Å². The van der Waals surface area contributed by atoms with E-state index in [0.29, 0.717) is 16.7 Å². The zero-order chi connectivity index (χ0) is 17.8. The second-order valence-electron chi connectivity index (χ2n) is 5.51. The van der Waals surface area contributed by atoms with Gasteiger partial charge in [-0.05, 0) is 48.5 Å². The van der Waals surface area contributed by atoms with Crippen LogP contribution in [0.15, 0.2) is 54.9 Å². The summed E-state index contributed by atoms with van der Waals surface area (Å²) in [5.41, 5.74) is 3.62. The Morgan fingerprint density at radius 2 is 1.84 bits per heavy atom. The monoisotopic (exact) mass is 390 g/mol. The molecule has 0 aliphatic rings. The van der Waals surface area contributed by atoms with Gasteiger partial charge in [0.25, 0.3) is 0 Å². The summed E-state index contributed by atoms with van der Waals surface area (Å²) < 4.78 is 1.80. The Kier molecular flexibility index (Phi) is 5.58. The Morgan fingerprint density at radius 3 is 2.64 bits per heavy atom. The van der Waals surface area contributed by atoms with E-state index in [9.17, 15) is 0 Å². The highest BCUT2D eigenvalue weighted by Crippen LogP contribution is 2.23. The summed E-state index contributed by atoms with van der Waals surface area (Å²) in [7, 11) is 0. The van der Waals surface area contributed by atoms with Crippen molar-refractivity contribution >= 4 is 51.9 Å². The molecular formula is C18H16Cl2N4S. The third kappa shape index (κ3) is 4.51. The molecule has 1 heterocycles. The zero-order valence-corrected chi connectivity index (χ0v) is 15.8. The van der Waals surface area contributed by atoms with Gasteiger partial charge in [-0.1, -0.05) is 47.5 Å². The number of halogens is 2. The Morgan fingerprint density at radius 1 is 1.08 bits per heavy atom. The van der Waals surface area contributed by atoms with Crippen molar-refractivity contribution in [3.63, 3.8) is 0 Å². The highest BCUT2D eigenvalue weighted by atomic mass is 35.5. The van der Waals surface area contributed by atoms with Gasteiger partial charge in [0.15, 0.2) is 5.11 Å². The van der Waals surface area contributed by atoms with Gasteiger partial charge < -0.3 is 10.6 Å². The van der Waals surface area contributed by atoms with Crippen LogP contribution in [0.4, 0.5) is 11.4 Å². The first-order valence-corrected chi connectivity index (χ1v) is 8.78. The maximum atomic E-state index is 6.18. The van der Waals surface area contributed by atoms with E-state index in [-0.39, 0.29) is 0 Å². The molecule has 0 unspecified atom stereocenters. The minimum atomic E-state index is 0.475. The third-order valence-electron chi connectivity index (χ3n) is 3.70. The quantitative estimate of drug-likeness (QED) is 0.588. The molecule has 7 heteroatoms. The van der Waals surface area contributed by atoms with E-state index < -0.39 is 0 Å². The molecular weight excluding hydrogens is 375 g/mol. The highest BCUT2D eigenvalue weighted by Gasteiger charge is 2.07. The largest absolute Gasteiger partial charge is 0.332 e. The summed E-state index contributed by atoms with van der Waals surface area (Å²) in [6.45, 7) is 2.53. The molecule has 0 saturated heterocycles. The van der Waals surface area contributed by atoms with Crippen molar-refractivity contribution in [1.82, 2.24) is 9.78 Å². The third-order valence-corrected chi connectivity index (χ3v) is 4.68. The van der Waals surface area contributed by atoms with Gasteiger partial charge in [0.05, 0.1) is 18.4 Å². The first-order valence-electron chi connectivity index (χ1n) is 7.62. The standard InChI is InChI=1S/C18H16Cl2N4S/c1-12-15(19)7-4-8-17(12)23-18(25)22-14-9-21-24(11-14)10-13-5-2-3-6-16(13)20/h2-9,11H,10H2,1H3,(H2,22,23,25). The number of aromatic nitrogens is 2. The molecule has 3 rings (SSSR count). The van der Waals surface area contributed by atoms with Crippen LogP contribution in [0.3, 0.4) is 0 Å². The summed E-state index contributed by atoms with van der Waals surface area (Å²) in [6.07, 6.45) is 3.60. The highest BCUT2D eigenvalue weighted by molar-refractivity contribution is 7.80. The van der Waals surface area contributed by atoms with Crippen LogP contribution in [0.1, 0.15) is 11.1 Å². The fourth-order valence-corrected chi connectivity index (χ4v) is 2.94. The minimum absolute atomic E-state index is 0.475. The molecule has 2 N–H and O–H groups in total. The van der Waals surface area contributed by atoms with E-state index in [4.69, 9.17) is 35.4 Å². The number of thiocarbonyl (C=S) groups is 1. The molecule has 0 atom stereocenters. The fourth-order valence-electron chi connectivity index (χ4n) is 2.34. The molecule has 0 radical (unpaired) electrons. The van der Waals surface area contributed by atoms with Crippen LogP contribution in [0.5, 0.6) is 0 Å². The molecule has 128 valence electrons. The van der Waals surface area contributed by atoms with Crippen LogP contribution in [0, 0.1) is 6.92 Å². The number of rotatable bonds is 4. The Bertz CT molecular complexity index is 908. The molecule has 25 heavy (non-hydrogen) atoms. The van der Waals surface area contributed by atoms with E-state index >= 15 is 0 Å². The summed E-state index contributed by atoms with van der Waals surface area (Å²) in [5, 5.41) is 12.5. The number of nitrogens with one attached hydrogen (secondary N) is 2. The Labute approximate surface area is 161 Å². The molecule has 0 saturated carbocycles. The molecule has 1 aromatic heterocycles. The van der Waals surface area contributed by atoms with Crippen molar-refractivity contribution in [2.75, 3.05) is 10.6 Å². The number of nitrogens with zero attached hydrogens (tertiary/aromatic N) is 2. The van der Waals surface area contributed by atoms with E-state index in [2.05, 4.69) is 15.7 Å². The number of hydrogen-bond donors (Lipinski definition) is 2. The maximum absolute atomic E-state index is 6.18. The topological polar surface area (TPSA) is 41.9 Å². The van der Waals surface area contributed by atoms with Gasteiger partial charge in [-0.25, -0.2) is 0 Å². The SMILES string of the molecule is Cc1c(Cl)cccc1NC(=S)Nc1cnn(Cc2ccccc2Cl)c1. The van der Waals surface area contributed by atoms with Gasteiger partial charge in [-0.15, -0.1) is 0 Å². The van der Waals surface area contributed by atoms with E-state index in [0.717, 1.165) is 27.5 Å². The lowest BCUT2D eigenvalue weighted by atomic mass is 10.2. The number of benzene rings is 2. The molecule has 0 bridgehead atoms. The summed E-state index contributed by atoms with van der Waals surface area (Å²) >= 11 is 17.7. The molecule has 3 aromatic rings. The average molecular weight is 391 g/mol. The summed E-state index contributed by atoms with van der Waals surface area (Å²) in [5.74, 6) is 0. The maximum Gasteiger partial charge on any atom is 0.175 e. The predicted molar refractivity (Wildman–Crippen MR) is 109 cm³/mol. The lowest BCUT2D eigenvalue weighted by Crippen LogP contribution is -2.19. The van der Waals surface area contributed by atoms with Crippen molar-refractivity contribution in [3.8, 4) is 0 Å². The predicted octanol–water partition coefficient (Wildman–Crippen LogP) is 5.36. The lowest BCUT2D eigenvalue weighted by Gasteiger charge is -2.12. The Hall–Kier alpha value is -2.08. The lowest BCUT2D eigenvalue weighted by molar-refractivity contribution is 0.687. The van der Waals surface area contributed by atoms with Gasteiger partial charge in [0.1, 0.15) is 0 Å². The van der Waals surface area contributed by atoms with Crippen molar-refractivity contribution < 1.29 is 0 Å². The fraction of sp³-hybridized carbons (Fsp3) is 0.111. The van der Waals surface area contributed by atoms with E-state index in [1.807, 2.05) is 55.6 Å². The minimum Gasteiger partial charge on any atom is -0.332 e. The van der Waals surface area contributed by atoms with Gasteiger partial charge in [0.2, 0.25) is 0 Å². The van der Waals surface area contributed by atoms with Crippen molar-refractivity contribution in [1.29, 1.82) is 0 Å². The summed E-state index contributed by atoms with van der Waals surface area (Å²) in [4.78, 5) is 0. The first-order chi connectivity index (χ1) is 12.0. The van der Waals surface area contributed by atoms with Gasteiger partial charge >= 0.3 is 0 Å². The summed E-state index contributed by atoms with van der Waals surface area (Å²) in [6, 6.07) is 13.4. The molecule has 0 aliphatic carbocycles. The molecule has 0 spiro atoms. The van der Waals surface area contributed by atoms with Crippen molar-refractivity contribution in [3.05, 3.63) is 76.0 Å². The van der Waals surface area contributed by atoms with Crippen LogP contribution in [0.2, 0.25) is 10.0 Å². The Balaban J connectivity index is 1.64. The average Bonchev–Trinajstić information content (AvgIpc) is 3.01. The molecule has 2 aromatic carbocycles. The molecule has 0 fully saturated rings. The van der Waals surface area contributed by atoms with Gasteiger partial charge in [0, 0.05) is 21.9 Å². The molecule has 0 amide bonds. The second-order valence-corrected chi connectivity index (χ2v) is 6.73. The van der Waals surface area contributed by atoms with Crippen LogP contribution in [-0.2, 0) is 6.54 Å². The van der Waals surface area contributed by atoms with Crippen LogP contribution >= 0.6 is 35.4 Å². The second kappa shape index (κ2) is 7.87. The van der Waals surface area contributed by atoms with Gasteiger partial charge in [-0.2, -0.15) is 5.10 Å². The van der Waals surface area contributed by atoms with Crippen LogP contribution in [0.25, 0.3) is 0 Å². The molecule has 4 nitrogen and oxygen atoms in total. The number of hydrogen-bond acceptors (Lipinski definition) is 2.